The number of carbonyl (C=O) groups excluding carboxylic acids is 2. The topological polar surface area (TPSA) is 76.7 Å². The van der Waals surface area contributed by atoms with Gasteiger partial charge < -0.3 is 9.47 Å². The van der Waals surface area contributed by atoms with Crippen LogP contribution in [0.15, 0.2) is 48.5 Å². The van der Waals surface area contributed by atoms with E-state index in [0.717, 1.165) is 0 Å². The van der Waals surface area contributed by atoms with E-state index in [1.807, 2.05) is 6.92 Å². The second-order valence-electron chi connectivity index (χ2n) is 5.83. The number of halogens is 1. The summed E-state index contributed by atoms with van der Waals surface area (Å²) in [6, 6.07) is 12.9. The van der Waals surface area contributed by atoms with E-state index in [2.05, 4.69) is 10.9 Å². The van der Waals surface area contributed by atoms with Crippen molar-refractivity contribution in [2.24, 2.45) is 0 Å². The van der Waals surface area contributed by atoms with Crippen LogP contribution < -0.4 is 20.3 Å². The quantitative estimate of drug-likeness (QED) is 0.697. The highest BCUT2D eigenvalue weighted by Gasteiger charge is 2.15. The first-order valence-corrected chi connectivity index (χ1v) is 8.70. The van der Waals surface area contributed by atoms with Crippen molar-refractivity contribution in [2.45, 2.75) is 32.8 Å². The van der Waals surface area contributed by atoms with Gasteiger partial charge in [-0.05, 0) is 62.2 Å². The van der Waals surface area contributed by atoms with Gasteiger partial charge in [0.25, 0.3) is 5.91 Å². The third kappa shape index (κ3) is 6.97. The van der Waals surface area contributed by atoms with Gasteiger partial charge in [-0.25, -0.2) is 4.39 Å². The van der Waals surface area contributed by atoms with Crippen molar-refractivity contribution in [1.29, 1.82) is 0 Å². The number of aryl methyl sites for hydroxylation is 1. The molecule has 0 radical (unpaired) electrons. The molecule has 144 valence electrons. The van der Waals surface area contributed by atoms with E-state index >= 15 is 0 Å². The SMILES string of the molecule is CCOc1ccc(OC(C)C(=O)NNC(=O)CCc2cccc(F)c2)cc1. The molecule has 2 aromatic carbocycles. The van der Waals surface area contributed by atoms with Gasteiger partial charge in [-0.1, -0.05) is 12.1 Å². The Hall–Kier alpha value is -3.09. The summed E-state index contributed by atoms with van der Waals surface area (Å²) in [4.78, 5) is 23.8. The first kappa shape index (κ1) is 20.2. The van der Waals surface area contributed by atoms with Crippen molar-refractivity contribution in [1.82, 2.24) is 10.9 Å². The number of hydrazine groups is 1. The number of hydrogen-bond donors (Lipinski definition) is 2. The fourth-order valence-corrected chi connectivity index (χ4v) is 2.28. The molecule has 0 aliphatic rings. The lowest BCUT2D eigenvalue weighted by Gasteiger charge is -2.15. The summed E-state index contributed by atoms with van der Waals surface area (Å²) in [7, 11) is 0. The van der Waals surface area contributed by atoms with Crippen LogP contribution in [0.3, 0.4) is 0 Å². The normalized spacial score (nSPS) is 11.4. The van der Waals surface area contributed by atoms with Crippen LogP contribution in [0.4, 0.5) is 4.39 Å². The van der Waals surface area contributed by atoms with Gasteiger partial charge in [0.1, 0.15) is 17.3 Å². The molecule has 1 atom stereocenters. The molecule has 0 spiro atoms. The number of nitrogens with one attached hydrogen (secondary N) is 2. The predicted octanol–water partition coefficient (Wildman–Crippen LogP) is 2.77. The molecule has 1 unspecified atom stereocenters. The summed E-state index contributed by atoms with van der Waals surface area (Å²) in [5.41, 5.74) is 5.36. The summed E-state index contributed by atoms with van der Waals surface area (Å²) in [6.45, 7) is 4.03. The standard InChI is InChI=1S/C20H23FN2O4/c1-3-26-17-8-10-18(11-9-17)27-14(2)20(25)23-22-19(24)12-7-15-5-4-6-16(21)13-15/h4-6,8-11,13-14H,3,7,12H2,1-2H3,(H,22,24)(H,23,25). The number of amides is 2. The Morgan fingerprint density at radius 3 is 2.44 bits per heavy atom. The minimum Gasteiger partial charge on any atom is -0.494 e. The fraction of sp³-hybridized carbons (Fsp3) is 0.300. The molecule has 0 saturated carbocycles. The monoisotopic (exact) mass is 374 g/mol. The number of hydrogen-bond acceptors (Lipinski definition) is 4. The van der Waals surface area contributed by atoms with Gasteiger partial charge >= 0.3 is 0 Å². The summed E-state index contributed by atoms with van der Waals surface area (Å²) >= 11 is 0. The molecule has 7 heteroatoms. The third-order valence-electron chi connectivity index (χ3n) is 3.67. The maximum atomic E-state index is 13.1. The highest BCUT2D eigenvalue weighted by atomic mass is 19.1. The lowest BCUT2D eigenvalue weighted by atomic mass is 10.1. The fourth-order valence-electron chi connectivity index (χ4n) is 2.28. The molecule has 6 nitrogen and oxygen atoms in total. The van der Waals surface area contributed by atoms with Crippen molar-refractivity contribution in [3.8, 4) is 11.5 Å². The van der Waals surface area contributed by atoms with Gasteiger partial charge in [0.05, 0.1) is 6.61 Å². The van der Waals surface area contributed by atoms with Crippen molar-refractivity contribution >= 4 is 11.8 Å². The molecule has 0 saturated heterocycles. The Kier molecular flexibility index (Phi) is 7.61. The minimum atomic E-state index is -0.800. The Morgan fingerprint density at radius 1 is 1.07 bits per heavy atom. The van der Waals surface area contributed by atoms with E-state index in [1.54, 1.807) is 43.3 Å². The Bertz CT molecular complexity index is 765. The van der Waals surface area contributed by atoms with Crippen LogP contribution in [0.5, 0.6) is 11.5 Å². The second kappa shape index (κ2) is 10.2. The number of benzene rings is 2. The molecule has 0 fully saturated rings. The lowest BCUT2D eigenvalue weighted by Crippen LogP contribution is -2.47. The zero-order valence-electron chi connectivity index (χ0n) is 15.3. The van der Waals surface area contributed by atoms with Crippen LogP contribution in [-0.4, -0.2) is 24.5 Å². The van der Waals surface area contributed by atoms with E-state index in [-0.39, 0.29) is 18.1 Å². The highest BCUT2D eigenvalue weighted by molar-refractivity contribution is 5.84. The van der Waals surface area contributed by atoms with E-state index in [9.17, 15) is 14.0 Å². The first-order chi connectivity index (χ1) is 13.0. The van der Waals surface area contributed by atoms with E-state index < -0.39 is 12.0 Å². The van der Waals surface area contributed by atoms with Crippen molar-refractivity contribution in [3.63, 3.8) is 0 Å². The summed E-state index contributed by atoms with van der Waals surface area (Å²) in [5.74, 6) is 0.0244. The third-order valence-corrected chi connectivity index (χ3v) is 3.67. The smallest absolute Gasteiger partial charge is 0.279 e. The highest BCUT2D eigenvalue weighted by Crippen LogP contribution is 2.18. The number of ether oxygens (including phenoxy) is 2. The molecule has 2 N–H and O–H groups in total. The summed E-state index contributed by atoms with van der Waals surface area (Å²) in [6.07, 6.45) is -0.304. The van der Waals surface area contributed by atoms with Crippen molar-refractivity contribution < 1.29 is 23.5 Å². The molecule has 0 heterocycles. The summed E-state index contributed by atoms with van der Waals surface area (Å²) in [5, 5.41) is 0. The number of rotatable bonds is 8. The Balaban J connectivity index is 1.72. The van der Waals surface area contributed by atoms with Gasteiger partial charge in [-0.15, -0.1) is 0 Å². The average molecular weight is 374 g/mol. The maximum Gasteiger partial charge on any atom is 0.279 e. The van der Waals surface area contributed by atoms with Gasteiger partial charge in [0.15, 0.2) is 6.10 Å². The van der Waals surface area contributed by atoms with Crippen LogP contribution in [0.25, 0.3) is 0 Å². The van der Waals surface area contributed by atoms with Crippen LogP contribution in [0.1, 0.15) is 25.8 Å². The lowest BCUT2D eigenvalue weighted by molar-refractivity contribution is -0.132. The molecule has 27 heavy (non-hydrogen) atoms. The van der Waals surface area contributed by atoms with Gasteiger partial charge in [0.2, 0.25) is 5.91 Å². The largest absolute Gasteiger partial charge is 0.494 e. The average Bonchev–Trinajstić information content (AvgIpc) is 2.66. The minimum absolute atomic E-state index is 0.123. The molecule has 0 aromatic heterocycles. The molecule has 0 aliphatic heterocycles. The predicted molar refractivity (Wildman–Crippen MR) is 98.7 cm³/mol. The molecule has 0 aliphatic carbocycles. The maximum absolute atomic E-state index is 13.1. The zero-order valence-corrected chi connectivity index (χ0v) is 15.3. The van der Waals surface area contributed by atoms with Crippen molar-refractivity contribution in [3.05, 3.63) is 59.9 Å². The molecule has 2 rings (SSSR count). The van der Waals surface area contributed by atoms with Crippen LogP contribution in [-0.2, 0) is 16.0 Å². The van der Waals surface area contributed by atoms with Crippen molar-refractivity contribution in [2.75, 3.05) is 6.61 Å². The summed E-state index contributed by atoms with van der Waals surface area (Å²) < 4.78 is 24.0. The van der Waals surface area contributed by atoms with Gasteiger partial charge in [-0.2, -0.15) is 0 Å². The number of carbonyl (C=O) groups is 2. The van der Waals surface area contributed by atoms with Crippen LogP contribution in [0, 0.1) is 5.82 Å². The molecule has 2 aromatic rings. The van der Waals surface area contributed by atoms with Crippen LogP contribution >= 0.6 is 0 Å². The molecular formula is C20H23FN2O4. The second-order valence-corrected chi connectivity index (χ2v) is 5.83. The Labute approximate surface area is 157 Å². The van der Waals surface area contributed by atoms with Crippen LogP contribution in [0.2, 0.25) is 0 Å². The Morgan fingerprint density at radius 2 is 1.78 bits per heavy atom. The van der Waals surface area contributed by atoms with Gasteiger partial charge in [-0.3, -0.25) is 20.4 Å². The van der Waals surface area contributed by atoms with E-state index in [0.29, 0.717) is 30.1 Å². The van der Waals surface area contributed by atoms with E-state index in [4.69, 9.17) is 9.47 Å². The first-order valence-electron chi connectivity index (χ1n) is 8.70. The van der Waals surface area contributed by atoms with Gasteiger partial charge in [0, 0.05) is 6.42 Å². The molecule has 0 bridgehead atoms. The molecule has 2 amide bonds. The zero-order chi connectivity index (χ0) is 19.6. The molecular weight excluding hydrogens is 351 g/mol. The van der Waals surface area contributed by atoms with E-state index in [1.165, 1.54) is 12.1 Å².